The number of aromatic carboxylic acids is 1. The van der Waals surface area contributed by atoms with E-state index in [2.05, 4.69) is 36.4 Å². The fourth-order valence-electron chi connectivity index (χ4n) is 6.75. The highest BCUT2D eigenvalue weighted by molar-refractivity contribution is 5.93. The van der Waals surface area contributed by atoms with Gasteiger partial charge in [-0.3, -0.25) is 4.79 Å². The van der Waals surface area contributed by atoms with Crippen LogP contribution in [-0.4, -0.2) is 111 Å². The fraction of sp³-hybridized carbons (Fsp3) is 0.395. The van der Waals surface area contributed by atoms with Crippen molar-refractivity contribution in [1.29, 1.82) is 0 Å². The molecule has 11 heteroatoms. The molecule has 0 fully saturated rings. The molecule has 0 bridgehead atoms. The van der Waals surface area contributed by atoms with Crippen LogP contribution in [0.5, 0.6) is 11.5 Å². The number of carbonyl (C=O) groups excluding carboxylic acids is 1. The maximum atomic E-state index is 12.8. The number of hydrogen-bond acceptors (Lipinski definition) is 10. The predicted molar refractivity (Wildman–Crippen MR) is 204 cm³/mol. The minimum Gasteiger partial charge on any atom is -0.490 e. The Labute approximate surface area is 317 Å². The normalized spacial score (nSPS) is 12.7. The van der Waals surface area contributed by atoms with Gasteiger partial charge in [-0.2, -0.15) is 0 Å². The maximum Gasteiger partial charge on any atom is 0.339 e. The lowest BCUT2D eigenvalue weighted by Gasteiger charge is -2.35. The second-order valence-electron chi connectivity index (χ2n) is 12.9. The summed E-state index contributed by atoms with van der Waals surface area (Å²) >= 11 is 0. The van der Waals surface area contributed by atoms with Crippen molar-refractivity contribution in [1.82, 2.24) is 0 Å². The summed E-state index contributed by atoms with van der Waals surface area (Å²) in [7, 11) is 3.24. The highest BCUT2D eigenvalue weighted by Crippen LogP contribution is 2.57. The van der Waals surface area contributed by atoms with Crippen LogP contribution in [0.3, 0.4) is 0 Å². The van der Waals surface area contributed by atoms with Gasteiger partial charge in [0.25, 0.3) is 0 Å². The van der Waals surface area contributed by atoms with Crippen LogP contribution < -0.4 is 9.47 Å². The summed E-state index contributed by atoms with van der Waals surface area (Å²) in [6.45, 7) is 8.71. The molecule has 288 valence electrons. The minimum atomic E-state index is -1.12. The standard InChI is InChI=1S/C43H50O11/c1-30-5-9-35-36-10-6-31(2)26-39(36)43(38(35)25-30,33-7-11-40(32(27-33)29-44)53-23-21-51-19-17-49-15-13-47-3)34-8-12-41(37(28-34)42(45)46)54-24-22-52-20-18-50-16-14-48-4/h5-12,25-29H,13-24H2,1-4H3,(H,45,46). The van der Waals surface area contributed by atoms with Crippen LogP contribution in [-0.2, 0) is 33.8 Å². The third kappa shape index (κ3) is 9.54. The maximum absolute atomic E-state index is 12.8. The molecule has 1 N–H and O–H groups in total. The molecule has 4 aromatic carbocycles. The van der Waals surface area contributed by atoms with E-state index in [1.54, 1.807) is 32.4 Å². The molecule has 4 aromatic rings. The Hall–Kier alpha value is -4.62. The van der Waals surface area contributed by atoms with Crippen molar-refractivity contribution in [2.45, 2.75) is 19.3 Å². The van der Waals surface area contributed by atoms with Crippen molar-refractivity contribution in [3.05, 3.63) is 117 Å². The van der Waals surface area contributed by atoms with E-state index in [1.807, 2.05) is 32.0 Å². The van der Waals surface area contributed by atoms with Crippen molar-refractivity contribution in [2.75, 3.05) is 93.5 Å². The van der Waals surface area contributed by atoms with Gasteiger partial charge in [-0.25, -0.2) is 4.79 Å². The first-order valence-corrected chi connectivity index (χ1v) is 18.1. The molecule has 1 aliphatic rings. The van der Waals surface area contributed by atoms with E-state index in [1.165, 1.54) is 0 Å². The average Bonchev–Trinajstić information content (AvgIpc) is 3.45. The summed E-state index contributed by atoms with van der Waals surface area (Å²) in [6.07, 6.45) is 0.785. The Balaban J connectivity index is 1.47. The lowest BCUT2D eigenvalue weighted by molar-refractivity contribution is 0.0178. The van der Waals surface area contributed by atoms with E-state index in [9.17, 15) is 14.7 Å². The first kappa shape index (κ1) is 40.6. The molecule has 5 rings (SSSR count). The highest BCUT2D eigenvalue weighted by atomic mass is 16.6. The zero-order valence-electron chi connectivity index (χ0n) is 31.5. The third-order valence-electron chi connectivity index (χ3n) is 9.24. The Morgan fingerprint density at radius 3 is 1.50 bits per heavy atom. The van der Waals surface area contributed by atoms with Crippen LogP contribution in [0.4, 0.5) is 0 Å². The van der Waals surface area contributed by atoms with E-state index >= 15 is 0 Å². The zero-order valence-corrected chi connectivity index (χ0v) is 31.5. The first-order chi connectivity index (χ1) is 26.3. The van der Waals surface area contributed by atoms with Crippen LogP contribution in [0, 0.1) is 13.8 Å². The van der Waals surface area contributed by atoms with Gasteiger partial charge in [0.2, 0.25) is 0 Å². The van der Waals surface area contributed by atoms with Crippen molar-refractivity contribution in [3.63, 3.8) is 0 Å². The second-order valence-corrected chi connectivity index (χ2v) is 12.9. The monoisotopic (exact) mass is 742 g/mol. The number of benzene rings is 4. The van der Waals surface area contributed by atoms with Crippen LogP contribution in [0.2, 0.25) is 0 Å². The molecule has 0 aliphatic heterocycles. The number of fused-ring (bicyclic) bond motifs is 3. The summed E-state index contributed by atoms with van der Waals surface area (Å²) < 4.78 is 44.0. The molecule has 0 saturated carbocycles. The van der Waals surface area contributed by atoms with Gasteiger partial charge < -0.3 is 43.0 Å². The number of carbonyl (C=O) groups is 2. The summed E-state index contributed by atoms with van der Waals surface area (Å²) in [6, 6.07) is 23.6. The first-order valence-electron chi connectivity index (χ1n) is 18.1. The van der Waals surface area contributed by atoms with Gasteiger partial charge >= 0.3 is 5.97 Å². The summed E-state index contributed by atoms with van der Waals surface area (Å²) in [5.41, 5.74) is 7.07. The van der Waals surface area contributed by atoms with Crippen molar-refractivity contribution >= 4 is 12.3 Å². The van der Waals surface area contributed by atoms with Crippen LogP contribution in [0.1, 0.15) is 54.1 Å². The van der Waals surface area contributed by atoms with Gasteiger partial charge in [0.05, 0.1) is 77.0 Å². The van der Waals surface area contributed by atoms with Gasteiger partial charge in [0, 0.05) is 14.2 Å². The van der Waals surface area contributed by atoms with Crippen LogP contribution in [0.25, 0.3) is 11.1 Å². The number of carboxylic acid groups (broad SMARTS) is 1. The van der Waals surface area contributed by atoms with Gasteiger partial charge in [0.15, 0.2) is 6.29 Å². The van der Waals surface area contributed by atoms with Crippen molar-refractivity contribution < 1.29 is 52.6 Å². The molecular weight excluding hydrogens is 692 g/mol. The van der Waals surface area contributed by atoms with Crippen molar-refractivity contribution in [2.24, 2.45) is 0 Å². The molecule has 11 nitrogen and oxygen atoms in total. The van der Waals surface area contributed by atoms with E-state index < -0.39 is 11.4 Å². The molecule has 0 saturated heterocycles. The predicted octanol–water partition coefficient (Wildman–Crippen LogP) is 6.29. The number of rotatable bonds is 24. The molecule has 0 unspecified atom stereocenters. The SMILES string of the molecule is COCCOCCOCCOc1ccc(C2(c3ccc(OCCOCCOCCOC)c(C(=O)O)c3)c3cc(C)ccc3-c3ccc(C)cc32)cc1C=O. The molecule has 54 heavy (non-hydrogen) atoms. The third-order valence-corrected chi connectivity index (χ3v) is 9.24. The van der Waals surface area contributed by atoms with E-state index in [0.717, 1.165) is 50.8 Å². The molecule has 0 amide bonds. The van der Waals surface area contributed by atoms with Crippen LogP contribution in [0.15, 0.2) is 72.8 Å². The molecule has 0 spiro atoms. The fourth-order valence-corrected chi connectivity index (χ4v) is 6.75. The molecular formula is C43H50O11. The quantitative estimate of drug-likeness (QED) is 0.0566. The summed E-state index contributed by atoms with van der Waals surface area (Å²) in [5, 5.41) is 10.5. The lowest BCUT2D eigenvalue weighted by atomic mass is 9.66. The smallest absolute Gasteiger partial charge is 0.339 e. The molecule has 0 heterocycles. The lowest BCUT2D eigenvalue weighted by Crippen LogP contribution is -2.29. The molecule has 0 aromatic heterocycles. The number of methoxy groups -OCH3 is 2. The van der Waals surface area contributed by atoms with E-state index in [0.29, 0.717) is 70.8 Å². The average molecular weight is 743 g/mol. The molecule has 0 atom stereocenters. The number of carboxylic acids is 1. The Morgan fingerprint density at radius 2 is 1.02 bits per heavy atom. The number of hydrogen-bond donors (Lipinski definition) is 1. The van der Waals surface area contributed by atoms with E-state index in [-0.39, 0.29) is 31.1 Å². The largest absolute Gasteiger partial charge is 0.490 e. The minimum absolute atomic E-state index is 0.0183. The topological polar surface area (TPSA) is 128 Å². The summed E-state index contributed by atoms with van der Waals surface area (Å²) in [4.78, 5) is 25.5. The Morgan fingerprint density at radius 1 is 0.574 bits per heavy atom. The van der Waals surface area contributed by atoms with Crippen LogP contribution >= 0.6 is 0 Å². The Kier molecular flexibility index (Phi) is 15.2. The van der Waals surface area contributed by atoms with E-state index in [4.69, 9.17) is 37.9 Å². The molecule has 0 radical (unpaired) electrons. The second kappa shape index (κ2) is 20.2. The Bertz CT molecular complexity index is 1800. The number of ether oxygens (including phenoxy) is 8. The zero-order chi connectivity index (χ0) is 38.3. The van der Waals surface area contributed by atoms with Gasteiger partial charge in [0.1, 0.15) is 30.3 Å². The number of aldehydes is 1. The molecule has 1 aliphatic carbocycles. The number of aryl methyl sites for hydroxylation is 2. The summed E-state index contributed by atoms with van der Waals surface area (Å²) in [5.74, 6) is -0.466. The van der Waals surface area contributed by atoms with Gasteiger partial charge in [-0.05, 0) is 71.5 Å². The van der Waals surface area contributed by atoms with Crippen molar-refractivity contribution in [3.8, 4) is 22.6 Å². The highest BCUT2D eigenvalue weighted by Gasteiger charge is 2.47. The van der Waals surface area contributed by atoms with Gasteiger partial charge in [-0.1, -0.05) is 59.7 Å². The van der Waals surface area contributed by atoms with Gasteiger partial charge in [-0.15, -0.1) is 0 Å².